The van der Waals surface area contributed by atoms with Gasteiger partial charge in [0.1, 0.15) is 5.75 Å². The van der Waals surface area contributed by atoms with Crippen LogP contribution in [-0.4, -0.2) is 6.36 Å². The van der Waals surface area contributed by atoms with Crippen molar-refractivity contribution in [2.45, 2.75) is 6.36 Å². The second-order valence-corrected chi connectivity index (χ2v) is 3.90. The predicted molar refractivity (Wildman–Crippen MR) is 62.9 cm³/mol. The molecule has 2 rings (SSSR count). The monoisotopic (exact) mass is 289 g/mol. The summed E-state index contributed by atoms with van der Waals surface area (Å²) in [5, 5.41) is 0. The number of hydrogen-bond acceptors (Lipinski definition) is 2. The Morgan fingerprint density at radius 2 is 1.65 bits per heavy atom. The Morgan fingerprint density at radius 3 is 2.30 bits per heavy atom. The van der Waals surface area contributed by atoms with Gasteiger partial charge in [-0.2, -0.15) is 0 Å². The first kappa shape index (κ1) is 14.1. The van der Waals surface area contributed by atoms with E-state index >= 15 is 0 Å². The summed E-state index contributed by atoms with van der Waals surface area (Å²) in [6.45, 7) is 0. The quantitative estimate of drug-likeness (QED) is 0.667. The van der Waals surface area contributed by atoms with Crippen LogP contribution in [0, 0.1) is 11.6 Å². The number of benzene rings is 2. The van der Waals surface area contributed by atoms with Gasteiger partial charge in [0.25, 0.3) is 0 Å². The number of nitrogens with two attached hydrogens (primary N) is 1. The summed E-state index contributed by atoms with van der Waals surface area (Å²) in [5.41, 5.74) is 5.26. The molecular weight excluding hydrogens is 281 g/mol. The SMILES string of the molecule is Nc1ccc(OC(F)(F)F)cc1-c1cccc(F)c1F. The fourth-order valence-corrected chi connectivity index (χ4v) is 1.68. The Hall–Kier alpha value is -2.31. The van der Waals surface area contributed by atoms with Crippen molar-refractivity contribution in [3.8, 4) is 16.9 Å². The van der Waals surface area contributed by atoms with Crippen LogP contribution < -0.4 is 10.5 Å². The number of ether oxygens (including phenoxy) is 1. The zero-order chi connectivity index (χ0) is 14.9. The lowest BCUT2D eigenvalue weighted by Gasteiger charge is -2.12. The van der Waals surface area contributed by atoms with Crippen LogP contribution in [0.25, 0.3) is 11.1 Å². The molecule has 2 aromatic rings. The standard InChI is InChI=1S/C13H8F5NO/c14-10-3-1-2-8(12(10)15)9-6-7(4-5-11(9)19)20-13(16,17)18/h1-6H,19H2. The first-order valence-electron chi connectivity index (χ1n) is 5.37. The number of rotatable bonds is 2. The van der Waals surface area contributed by atoms with Crippen LogP contribution in [0.2, 0.25) is 0 Å². The van der Waals surface area contributed by atoms with Crippen LogP contribution in [0.5, 0.6) is 5.75 Å². The van der Waals surface area contributed by atoms with Gasteiger partial charge in [0, 0.05) is 16.8 Å². The van der Waals surface area contributed by atoms with E-state index in [1.165, 1.54) is 12.1 Å². The van der Waals surface area contributed by atoms with E-state index in [-0.39, 0.29) is 16.8 Å². The summed E-state index contributed by atoms with van der Waals surface area (Å²) in [6.07, 6.45) is -4.88. The molecule has 0 amide bonds. The molecule has 0 bridgehead atoms. The molecule has 0 fully saturated rings. The number of halogens is 5. The van der Waals surface area contributed by atoms with E-state index in [1.54, 1.807) is 0 Å². The molecule has 0 aliphatic heterocycles. The second kappa shape index (κ2) is 4.99. The van der Waals surface area contributed by atoms with Gasteiger partial charge in [0.15, 0.2) is 11.6 Å². The average Bonchev–Trinajstić information content (AvgIpc) is 2.34. The molecule has 0 atom stereocenters. The minimum Gasteiger partial charge on any atom is -0.406 e. The van der Waals surface area contributed by atoms with Crippen molar-refractivity contribution in [2.75, 3.05) is 5.73 Å². The summed E-state index contributed by atoms with van der Waals surface area (Å²) in [5.74, 6) is -2.88. The molecule has 0 saturated carbocycles. The second-order valence-electron chi connectivity index (χ2n) is 3.90. The van der Waals surface area contributed by atoms with Crippen molar-refractivity contribution in [1.29, 1.82) is 0 Å². The first-order valence-corrected chi connectivity index (χ1v) is 5.37. The van der Waals surface area contributed by atoms with Crippen LogP contribution in [0.3, 0.4) is 0 Å². The van der Waals surface area contributed by atoms with Gasteiger partial charge in [0.2, 0.25) is 0 Å². The van der Waals surface area contributed by atoms with Crippen molar-refractivity contribution < 1.29 is 26.7 Å². The van der Waals surface area contributed by atoms with Crippen LogP contribution in [0.4, 0.5) is 27.6 Å². The van der Waals surface area contributed by atoms with E-state index in [1.807, 2.05) is 0 Å². The van der Waals surface area contributed by atoms with Crippen molar-refractivity contribution in [2.24, 2.45) is 0 Å². The van der Waals surface area contributed by atoms with E-state index in [4.69, 9.17) is 5.73 Å². The molecule has 0 spiro atoms. The number of alkyl halides is 3. The van der Waals surface area contributed by atoms with E-state index in [2.05, 4.69) is 4.74 Å². The largest absolute Gasteiger partial charge is 0.573 e. The highest BCUT2D eigenvalue weighted by atomic mass is 19.4. The molecule has 2 aromatic carbocycles. The third kappa shape index (κ3) is 2.98. The molecule has 0 radical (unpaired) electrons. The fourth-order valence-electron chi connectivity index (χ4n) is 1.68. The van der Waals surface area contributed by atoms with Crippen LogP contribution in [0.15, 0.2) is 36.4 Å². The minimum absolute atomic E-state index is 0.00373. The highest BCUT2D eigenvalue weighted by Gasteiger charge is 2.31. The zero-order valence-corrected chi connectivity index (χ0v) is 9.84. The topological polar surface area (TPSA) is 35.2 Å². The molecule has 0 aliphatic rings. The number of hydrogen-bond donors (Lipinski definition) is 1. The van der Waals surface area contributed by atoms with Gasteiger partial charge in [0.05, 0.1) is 0 Å². The van der Waals surface area contributed by atoms with Gasteiger partial charge in [-0.25, -0.2) is 8.78 Å². The highest BCUT2D eigenvalue weighted by Crippen LogP contribution is 2.34. The van der Waals surface area contributed by atoms with Gasteiger partial charge in [-0.05, 0) is 24.3 Å². The zero-order valence-electron chi connectivity index (χ0n) is 9.84. The third-order valence-electron chi connectivity index (χ3n) is 2.50. The van der Waals surface area contributed by atoms with Crippen LogP contribution in [0.1, 0.15) is 0 Å². The summed E-state index contributed by atoms with van der Waals surface area (Å²) < 4.78 is 66.9. The molecule has 0 aromatic heterocycles. The first-order chi connectivity index (χ1) is 9.28. The summed E-state index contributed by atoms with van der Waals surface area (Å²) >= 11 is 0. The van der Waals surface area contributed by atoms with Gasteiger partial charge < -0.3 is 10.5 Å². The number of nitrogen functional groups attached to an aromatic ring is 1. The molecule has 0 aliphatic carbocycles. The van der Waals surface area contributed by atoms with E-state index in [0.29, 0.717) is 0 Å². The van der Waals surface area contributed by atoms with Crippen molar-refractivity contribution in [1.82, 2.24) is 0 Å². The van der Waals surface area contributed by atoms with Crippen molar-refractivity contribution in [3.63, 3.8) is 0 Å². The molecule has 2 nitrogen and oxygen atoms in total. The maximum absolute atomic E-state index is 13.6. The molecule has 2 N–H and O–H groups in total. The van der Waals surface area contributed by atoms with Gasteiger partial charge in [-0.1, -0.05) is 12.1 Å². The van der Waals surface area contributed by atoms with E-state index in [0.717, 1.165) is 24.3 Å². The molecule has 0 saturated heterocycles. The minimum atomic E-state index is -4.88. The lowest BCUT2D eigenvalue weighted by Crippen LogP contribution is -2.17. The molecule has 7 heteroatoms. The molecular formula is C13H8F5NO. The van der Waals surface area contributed by atoms with Crippen LogP contribution in [-0.2, 0) is 0 Å². The van der Waals surface area contributed by atoms with E-state index < -0.39 is 23.7 Å². The normalized spacial score (nSPS) is 11.4. The van der Waals surface area contributed by atoms with Crippen molar-refractivity contribution >= 4 is 5.69 Å². The summed E-state index contributed by atoms with van der Waals surface area (Å²) in [7, 11) is 0. The average molecular weight is 289 g/mol. The highest BCUT2D eigenvalue weighted by molar-refractivity contribution is 5.78. The Labute approximate surface area is 110 Å². The molecule has 106 valence electrons. The molecule has 0 unspecified atom stereocenters. The Morgan fingerprint density at radius 1 is 0.950 bits per heavy atom. The third-order valence-corrected chi connectivity index (χ3v) is 2.50. The lowest BCUT2D eigenvalue weighted by molar-refractivity contribution is -0.274. The Kier molecular flexibility index (Phi) is 3.52. The fraction of sp³-hybridized carbons (Fsp3) is 0.0769. The Bertz CT molecular complexity index is 639. The Balaban J connectivity index is 2.51. The van der Waals surface area contributed by atoms with Gasteiger partial charge >= 0.3 is 6.36 Å². The smallest absolute Gasteiger partial charge is 0.406 e. The number of anilines is 1. The summed E-state index contributed by atoms with van der Waals surface area (Å²) in [4.78, 5) is 0. The lowest BCUT2D eigenvalue weighted by atomic mass is 10.0. The maximum atomic E-state index is 13.6. The van der Waals surface area contributed by atoms with Crippen LogP contribution >= 0.6 is 0 Å². The molecule has 0 heterocycles. The molecule has 20 heavy (non-hydrogen) atoms. The van der Waals surface area contributed by atoms with Crippen molar-refractivity contribution in [3.05, 3.63) is 48.0 Å². The van der Waals surface area contributed by atoms with E-state index in [9.17, 15) is 22.0 Å². The predicted octanol–water partition coefficient (Wildman–Crippen LogP) is 4.11. The maximum Gasteiger partial charge on any atom is 0.573 e. The van der Waals surface area contributed by atoms with Gasteiger partial charge in [-0.15, -0.1) is 13.2 Å². The van der Waals surface area contributed by atoms with Gasteiger partial charge in [-0.3, -0.25) is 0 Å². The summed E-state index contributed by atoms with van der Waals surface area (Å²) in [6, 6.07) is 6.35.